The van der Waals surface area contributed by atoms with Crippen molar-refractivity contribution in [3.63, 3.8) is 0 Å². The van der Waals surface area contributed by atoms with Gasteiger partial charge in [0, 0.05) is 5.92 Å². The maximum absolute atomic E-state index is 4.93. The van der Waals surface area contributed by atoms with Crippen LogP contribution in [-0.4, -0.2) is 13.2 Å². The lowest BCUT2D eigenvalue weighted by atomic mass is 10.0. The Labute approximate surface area is 229 Å². The van der Waals surface area contributed by atoms with E-state index in [1.54, 1.807) is 0 Å². The summed E-state index contributed by atoms with van der Waals surface area (Å²) in [5.41, 5.74) is 0. The lowest BCUT2D eigenvalue weighted by molar-refractivity contribution is -0.0331. The third kappa shape index (κ3) is 25.6. The molecule has 1 nitrogen and oxygen atoms in total. The largest absolute Gasteiger partial charge is 0.381 e. The minimum absolute atomic E-state index is 0.894. The number of hydrogen-bond acceptors (Lipinski definition) is 1. The van der Waals surface area contributed by atoms with Gasteiger partial charge in [-0.2, -0.15) is 0 Å². The van der Waals surface area contributed by atoms with Gasteiger partial charge in [-0.1, -0.05) is 200 Å². The van der Waals surface area contributed by atoms with Gasteiger partial charge in [0.15, 0.2) is 0 Å². The van der Waals surface area contributed by atoms with Gasteiger partial charge in [-0.15, -0.1) is 0 Å². The first-order chi connectivity index (χ1) is 17.9. The van der Waals surface area contributed by atoms with Crippen LogP contribution < -0.4 is 0 Å². The minimum atomic E-state index is 0.894. The van der Waals surface area contributed by atoms with Crippen LogP contribution in [0.2, 0.25) is 0 Å². The molecule has 0 amide bonds. The molecule has 0 radical (unpaired) electrons. The summed E-state index contributed by atoms with van der Waals surface area (Å²) in [6.45, 7) is 4.22. The summed E-state index contributed by atoms with van der Waals surface area (Å²) in [6, 6.07) is 0. The van der Waals surface area contributed by atoms with E-state index in [4.69, 9.17) is 4.74 Å². The fraction of sp³-hybridized carbons (Fsp3) is 1.00. The average Bonchev–Trinajstić information content (AvgIpc) is 2.90. The van der Waals surface area contributed by atoms with Crippen molar-refractivity contribution in [3.05, 3.63) is 0 Å². The Hall–Kier alpha value is -0.0400. The van der Waals surface area contributed by atoms with E-state index in [-0.39, 0.29) is 0 Å². The highest BCUT2D eigenvalue weighted by Gasteiger charge is 2.14. The van der Waals surface area contributed by atoms with Crippen molar-refractivity contribution < 1.29 is 4.74 Å². The normalized spacial score (nSPS) is 23.9. The second-order valence-corrected chi connectivity index (χ2v) is 12.4. The van der Waals surface area contributed by atoms with Crippen molar-refractivity contribution in [2.45, 2.75) is 206 Å². The van der Waals surface area contributed by atoms with E-state index < -0.39 is 0 Å². The van der Waals surface area contributed by atoms with Gasteiger partial charge in [0.2, 0.25) is 0 Å². The van der Waals surface area contributed by atoms with Crippen molar-refractivity contribution in [2.75, 3.05) is 13.2 Å². The molecule has 36 heavy (non-hydrogen) atoms. The number of rotatable bonds is 1. The SMILES string of the molecule is C1CCCCCCCCC1.C1CCCCCCCCC1.C1CCCCCCCCC1.CCC1COC1. The monoisotopic (exact) mass is 507 g/mol. The van der Waals surface area contributed by atoms with Gasteiger partial charge in [0.25, 0.3) is 0 Å². The lowest BCUT2D eigenvalue weighted by Gasteiger charge is -2.23. The van der Waals surface area contributed by atoms with E-state index in [0.29, 0.717) is 0 Å². The standard InChI is InChI=1S/3C10H20.C5H10O/c3*1-2-4-6-8-10-9-7-5-3-1;1-2-5-3-6-4-5/h3*1-10H2;5H,2-4H2,1H3. The molecule has 3 aliphatic carbocycles. The van der Waals surface area contributed by atoms with Crippen LogP contribution in [0.1, 0.15) is 206 Å². The molecule has 216 valence electrons. The summed E-state index contributed by atoms with van der Waals surface area (Å²) in [5.74, 6) is 0.894. The molecule has 3 saturated carbocycles. The molecule has 0 atom stereocenters. The molecule has 0 unspecified atom stereocenters. The predicted molar refractivity (Wildman–Crippen MR) is 163 cm³/mol. The smallest absolute Gasteiger partial charge is 0.0516 e. The number of hydrogen-bond donors (Lipinski definition) is 0. The van der Waals surface area contributed by atoms with Crippen LogP contribution in [0.5, 0.6) is 0 Å². The predicted octanol–water partition coefficient (Wildman–Crippen LogP) is 12.7. The van der Waals surface area contributed by atoms with Gasteiger partial charge in [-0.05, 0) is 6.42 Å². The Bertz CT molecular complexity index is 238. The quantitative estimate of drug-likeness (QED) is 0.343. The Morgan fingerprint density at radius 1 is 0.306 bits per heavy atom. The van der Waals surface area contributed by atoms with Gasteiger partial charge < -0.3 is 4.74 Å². The molecular weight excluding hydrogens is 436 g/mol. The summed E-state index contributed by atoms with van der Waals surface area (Å²) in [5, 5.41) is 0. The third-order valence-electron chi connectivity index (χ3n) is 8.78. The van der Waals surface area contributed by atoms with Gasteiger partial charge >= 0.3 is 0 Å². The summed E-state index contributed by atoms with van der Waals surface area (Å²) in [6.07, 6.45) is 46.3. The lowest BCUT2D eigenvalue weighted by Crippen LogP contribution is -2.26. The molecule has 4 aliphatic rings. The van der Waals surface area contributed by atoms with E-state index in [1.165, 1.54) is 199 Å². The fourth-order valence-corrected chi connectivity index (χ4v) is 5.82. The van der Waals surface area contributed by atoms with Gasteiger partial charge in [0.1, 0.15) is 0 Å². The van der Waals surface area contributed by atoms with Crippen LogP contribution in [0, 0.1) is 5.92 Å². The van der Waals surface area contributed by atoms with Gasteiger partial charge in [-0.3, -0.25) is 0 Å². The Morgan fingerprint density at radius 2 is 0.444 bits per heavy atom. The van der Waals surface area contributed by atoms with Crippen molar-refractivity contribution in [2.24, 2.45) is 5.92 Å². The average molecular weight is 507 g/mol. The second-order valence-electron chi connectivity index (χ2n) is 12.4. The maximum atomic E-state index is 4.93. The third-order valence-corrected chi connectivity index (χ3v) is 8.78. The highest BCUT2D eigenvalue weighted by atomic mass is 16.5. The number of ether oxygens (including phenoxy) is 1. The molecule has 0 N–H and O–H groups in total. The molecule has 0 aromatic carbocycles. The van der Waals surface area contributed by atoms with E-state index in [2.05, 4.69) is 6.92 Å². The second kappa shape index (κ2) is 29.5. The molecular formula is C35H70O. The van der Waals surface area contributed by atoms with Crippen molar-refractivity contribution >= 4 is 0 Å². The highest BCUT2D eigenvalue weighted by molar-refractivity contribution is 4.61. The topological polar surface area (TPSA) is 9.23 Å². The molecule has 1 heteroatoms. The van der Waals surface area contributed by atoms with E-state index in [0.717, 1.165) is 19.1 Å². The molecule has 0 aromatic rings. The maximum Gasteiger partial charge on any atom is 0.0516 e. The Morgan fingerprint density at radius 3 is 0.472 bits per heavy atom. The van der Waals surface area contributed by atoms with E-state index in [9.17, 15) is 0 Å². The molecule has 0 aromatic heterocycles. The van der Waals surface area contributed by atoms with Crippen molar-refractivity contribution in [3.8, 4) is 0 Å². The molecule has 1 heterocycles. The van der Waals surface area contributed by atoms with Crippen molar-refractivity contribution in [1.29, 1.82) is 0 Å². The molecule has 4 fully saturated rings. The van der Waals surface area contributed by atoms with Gasteiger partial charge in [-0.25, -0.2) is 0 Å². The van der Waals surface area contributed by atoms with E-state index >= 15 is 0 Å². The van der Waals surface area contributed by atoms with Crippen LogP contribution in [-0.2, 0) is 4.74 Å². The molecule has 1 saturated heterocycles. The zero-order valence-electron chi connectivity index (χ0n) is 25.3. The zero-order valence-corrected chi connectivity index (χ0v) is 25.3. The molecule has 0 spiro atoms. The summed E-state index contributed by atoms with van der Waals surface area (Å²) < 4.78 is 4.93. The first-order valence-electron chi connectivity index (χ1n) is 17.5. The Balaban J connectivity index is 0.000000244. The summed E-state index contributed by atoms with van der Waals surface area (Å²) >= 11 is 0. The first-order valence-corrected chi connectivity index (χ1v) is 17.5. The first kappa shape index (κ1) is 34.0. The van der Waals surface area contributed by atoms with Crippen molar-refractivity contribution in [1.82, 2.24) is 0 Å². The molecule has 4 rings (SSSR count). The van der Waals surface area contributed by atoms with Crippen LogP contribution in [0.4, 0.5) is 0 Å². The van der Waals surface area contributed by atoms with Crippen LogP contribution >= 0.6 is 0 Å². The molecule has 0 bridgehead atoms. The fourth-order valence-electron chi connectivity index (χ4n) is 5.82. The summed E-state index contributed by atoms with van der Waals surface area (Å²) in [7, 11) is 0. The highest BCUT2D eigenvalue weighted by Crippen LogP contribution is 2.17. The van der Waals surface area contributed by atoms with Crippen LogP contribution in [0.15, 0.2) is 0 Å². The Kier molecular flexibility index (Phi) is 27.9. The zero-order chi connectivity index (χ0) is 25.6. The summed E-state index contributed by atoms with van der Waals surface area (Å²) in [4.78, 5) is 0. The van der Waals surface area contributed by atoms with Crippen LogP contribution in [0.25, 0.3) is 0 Å². The van der Waals surface area contributed by atoms with Crippen LogP contribution in [0.3, 0.4) is 0 Å². The van der Waals surface area contributed by atoms with E-state index in [1.807, 2.05) is 0 Å². The minimum Gasteiger partial charge on any atom is -0.381 e. The van der Waals surface area contributed by atoms with Gasteiger partial charge in [0.05, 0.1) is 13.2 Å². The molecule has 1 aliphatic heterocycles.